The zero-order valence-electron chi connectivity index (χ0n) is 7.13. The van der Waals surface area contributed by atoms with Gasteiger partial charge in [-0.25, -0.2) is 4.98 Å². The molecule has 1 aliphatic carbocycles. The van der Waals surface area contributed by atoms with Crippen LogP contribution < -0.4 is 0 Å². The molecule has 1 aromatic heterocycles. The Balaban J connectivity index is 2.25. The molecule has 0 saturated heterocycles. The zero-order chi connectivity index (χ0) is 8.55. The van der Waals surface area contributed by atoms with Crippen molar-refractivity contribution in [1.82, 2.24) is 4.98 Å². The first-order valence-corrected chi connectivity index (χ1v) is 4.39. The average molecular weight is 165 g/mol. The summed E-state index contributed by atoms with van der Waals surface area (Å²) >= 11 is 0. The van der Waals surface area contributed by atoms with Crippen LogP contribution in [0.4, 0.5) is 4.39 Å². The number of hydrogen-bond acceptors (Lipinski definition) is 1. The maximum absolute atomic E-state index is 13.1. The average Bonchev–Trinajstić information content (AvgIpc) is 2.86. The summed E-state index contributed by atoms with van der Waals surface area (Å²) in [6.07, 6.45) is 3.99. The summed E-state index contributed by atoms with van der Waals surface area (Å²) < 4.78 is 13.1. The van der Waals surface area contributed by atoms with Crippen molar-refractivity contribution in [2.75, 3.05) is 0 Å². The van der Waals surface area contributed by atoms with Gasteiger partial charge in [0.25, 0.3) is 0 Å². The van der Waals surface area contributed by atoms with Crippen molar-refractivity contribution in [2.45, 2.75) is 25.7 Å². The molecule has 0 spiro atoms. The van der Waals surface area contributed by atoms with Crippen LogP contribution in [0.25, 0.3) is 0 Å². The van der Waals surface area contributed by atoms with E-state index in [1.54, 1.807) is 6.07 Å². The van der Waals surface area contributed by atoms with Crippen molar-refractivity contribution in [3.63, 3.8) is 0 Å². The monoisotopic (exact) mass is 165 g/mol. The second-order valence-electron chi connectivity index (χ2n) is 3.51. The highest BCUT2D eigenvalue weighted by Gasteiger charge is 2.30. The molecule has 2 heteroatoms. The Bertz CT molecular complexity index is 281. The Morgan fingerprint density at radius 3 is 2.92 bits per heavy atom. The maximum atomic E-state index is 13.1. The third-order valence-electron chi connectivity index (χ3n) is 2.61. The molecule has 1 nitrogen and oxygen atoms in total. The fraction of sp³-hybridized carbons (Fsp3) is 0.500. The molecule has 1 unspecified atom stereocenters. The lowest BCUT2D eigenvalue weighted by Crippen LogP contribution is -2.00. The zero-order valence-corrected chi connectivity index (χ0v) is 7.13. The predicted molar refractivity (Wildman–Crippen MR) is 45.3 cm³/mol. The van der Waals surface area contributed by atoms with Crippen LogP contribution in [0, 0.1) is 11.9 Å². The Morgan fingerprint density at radius 2 is 2.33 bits per heavy atom. The molecule has 0 aromatic carbocycles. The molecule has 2 rings (SSSR count). The van der Waals surface area contributed by atoms with Gasteiger partial charge in [0.2, 0.25) is 5.95 Å². The first kappa shape index (κ1) is 7.71. The van der Waals surface area contributed by atoms with Gasteiger partial charge >= 0.3 is 0 Å². The van der Waals surface area contributed by atoms with Gasteiger partial charge in [-0.15, -0.1) is 0 Å². The molecular weight excluding hydrogens is 153 g/mol. The molecule has 1 saturated carbocycles. The van der Waals surface area contributed by atoms with Crippen LogP contribution in [0.5, 0.6) is 0 Å². The molecule has 1 atom stereocenters. The molecule has 1 aliphatic rings. The van der Waals surface area contributed by atoms with Crippen molar-refractivity contribution in [3.8, 4) is 0 Å². The highest BCUT2D eigenvalue weighted by Crippen LogP contribution is 2.42. The van der Waals surface area contributed by atoms with Crippen molar-refractivity contribution in [3.05, 3.63) is 29.8 Å². The summed E-state index contributed by atoms with van der Waals surface area (Å²) in [5.74, 6) is 0.749. The predicted octanol–water partition coefficient (Wildman–Crippen LogP) is 2.73. The fourth-order valence-electron chi connectivity index (χ4n) is 1.59. The highest BCUT2D eigenvalue weighted by atomic mass is 19.1. The van der Waals surface area contributed by atoms with Crippen molar-refractivity contribution < 1.29 is 4.39 Å². The van der Waals surface area contributed by atoms with Gasteiger partial charge in [0, 0.05) is 11.8 Å². The molecule has 12 heavy (non-hydrogen) atoms. The number of aromatic nitrogens is 1. The second kappa shape index (κ2) is 2.85. The van der Waals surface area contributed by atoms with Gasteiger partial charge in [-0.2, -0.15) is 4.39 Å². The minimum absolute atomic E-state index is 0.295. The number of halogens is 1. The van der Waals surface area contributed by atoms with Crippen LogP contribution in [0.1, 0.15) is 31.2 Å². The summed E-state index contributed by atoms with van der Waals surface area (Å²) in [5, 5.41) is 0. The minimum Gasteiger partial charge on any atom is -0.228 e. The molecule has 1 heterocycles. The van der Waals surface area contributed by atoms with Crippen molar-refractivity contribution in [2.24, 2.45) is 5.92 Å². The van der Waals surface area contributed by atoms with Gasteiger partial charge in [0.15, 0.2) is 0 Å². The van der Waals surface area contributed by atoms with E-state index >= 15 is 0 Å². The Labute approximate surface area is 71.6 Å². The lowest BCUT2D eigenvalue weighted by atomic mass is 9.98. The summed E-state index contributed by atoms with van der Waals surface area (Å²) in [6.45, 7) is 2.08. The van der Waals surface area contributed by atoms with E-state index in [0.717, 1.165) is 5.56 Å². The lowest BCUT2D eigenvalue weighted by molar-refractivity contribution is 0.533. The van der Waals surface area contributed by atoms with Crippen LogP contribution >= 0.6 is 0 Å². The Kier molecular flexibility index (Phi) is 1.83. The summed E-state index contributed by atoms with van der Waals surface area (Å²) in [6, 6.07) is 3.64. The van der Waals surface area contributed by atoms with E-state index in [1.165, 1.54) is 19.0 Å². The minimum atomic E-state index is -0.295. The number of hydrogen-bond donors (Lipinski definition) is 0. The van der Waals surface area contributed by atoms with Gasteiger partial charge in [0.05, 0.1) is 0 Å². The highest BCUT2D eigenvalue weighted by molar-refractivity contribution is 5.18. The third kappa shape index (κ3) is 1.33. The largest absolute Gasteiger partial charge is 0.228 e. The Hall–Kier alpha value is -0.920. The van der Waals surface area contributed by atoms with Crippen LogP contribution in [-0.4, -0.2) is 4.98 Å². The quantitative estimate of drug-likeness (QED) is 0.614. The first-order valence-electron chi connectivity index (χ1n) is 4.39. The molecule has 64 valence electrons. The van der Waals surface area contributed by atoms with E-state index in [1.807, 2.05) is 6.07 Å². The second-order valence-corrected chi connectivity index (χ2v) is 3.51. The molecule has 0 aliphatic heterocycles. The number of rotatable bonds is 2. The first-order chi connectivity index (χ1) is 5.79. The van der Waals surface area contributed by atoms with E-state index in [0.29, 0.717) is 11.8 Å². The van der Waals surface area contributed by atoms with Gasteiger partial charge < -0.3 is 0 Å². The standard InChI is InChI=1S/C10H12FN/c1-7(8-4-5-8)9-3-2-6-12-10(9)11/h2-3,6-8H,4-5H2,1H3. The van der Waals surface area contributed by atoms with Crippen molar-refractivity contribution in [1.29, 1.82) is 0 Å². The summed E-state index contributed by atoms with van der Waals surface area (Å²) in [5.41, 5.74) is 0.778. The smallest absolute Gasteiger partial charge is 0.216 e. The lowest BCUT2D eigenvalue weighted by Gasteiger charge is -2.09. The maximum Gasteiger partial charge on any atom is 0.216 e. The normalized spacial score (nSPS) is 19.2. The Morgan fingerprint density at radius 1 is 1.58 bits per heavy atom. The topological polar surface area (TPSA) is 12.9 Å². The number of pyridine rings is 1. The third-order valence-corrected chi connectivity index (χ3v) is 2.61. The van der Waals surface area contributed by atoms with E-state index in [4.69, 9.17) is 0 Å². The SMILES string of the molecule is CC(c1cccnc1F)C1CC1. The van der Waals surface area contributed by atoms with Gasteiger partial charge in [0.1, 0.15) is 0 Å². The van der Waals surface area contributed by atoms with Crippen LogP contribution in [-0.2, 0) is 0 Å². The molecular formula is C10H12FN. The number of nitrogens with zero attached hydrogens (tertiary/aromatic N) is 1. The summed E-state index contributed by atoms with van der Waals surface area (Å²) in [4.78, 5) is 3.64. The van der Waals surface area contributed by atoms with E-state index in [2.05, 4.69) is 11.9 Å². The van der Waals surface area contributed by atoms with Gasteiger partial charge in [-0.05, 0) is 30.7 Å². The molecule has 0 amide bonds. The molecule has 0 bridgehead atoms. The van der Waals surface area contributed by atoms with E-state index in [9.17, 15) is 4.39 Å². The van der Waals surface area contributed by atoms with Crippen LogP contribution in [0.15, 0.2) is 18.3 Å². The van der Waals surface area contributed by atoms with Crippen LogP contribution in [0.3, 0.4) is 0 Å². The fourth-order valence-corrected chi connectivity index (χ4v) is 1.59. The molecule has 1 fully saturated rings. The van der Waals surface area contributed by atoms with Gasteiger partial charge in [-0.1, -0.05) is 13.0 Å². The molecule has 1 aromatic rings. The summed E-state index contributed by atoms with van der Waals surface area (Å²) in [7, 11) is 0. The molecule has 0 N–H and O–H groups in total. The molecule has 0 radical (unpaired) electrons. The van der Waals surface area contributed by atoms with E-state index in [-0.39, 0.29) is 5.95 Å². The van der Waals surface area contributed by atoms with Crippen molar-refractivity contribution >= 4 is 0 Å². The van der Waals surface area contributed by atoms with Gasteiger partial charge in [-0.3, -0.25) is 0 Å². The van der Waals surface area contributed by atoms with Crippen LogP contribution in [0.2, 0.25) is 0 Å². The van der Waals surface area contributed by atoms with E-state index < -0.39 is 0 Å².